The summed E-state index contributed by atoms with van der Waals surface area (Å²) in [6.07, 6.45) is 4.31. The molecule has 0 atom stereocenters. The molecule has 0 spiro atoms. The van der Waals surface area contributed by atoms with Gasteiger partial charge >= 0.3 is 0 Å². The SMILES string of the molecule is CC(=O)N1Cc2ccc(C3CCNCC3)cc2CCc2cc(Cl)ccc21. The number of fused-ring (bicyclic) bond motifs is 2. The number of aryl methyl sites for hydroxylation is 2. The summed E-state index contributed by atoms with van der Waals surface area (Å²) < 4.78 is 0. The van der Waals surface area contributed by atoms with E-state index in [1.54, 1.807) is 6.92 Å². The Morgan fingerprint density at radius 2 is 1.81 bits per heavy atom. The van der Waals surface area contributed by atoms with Gasteiger partial charge in [-0.3, -0.25) is 4.79 Å². The highest BCUT2D eigenvalue weighted by Gasteiger charge is 2.22. The molecule has 2 aromatic rings. The van der Waals surface area contributed by atoms with Crippen LogP contribution in [0.25, 0.3) is 0 Å². The summed E-state index contributed by atoms with van der Waals surface area (Å²) >= 11 is 6.22. The van der Waals surface area contributed by atoms with Crippen LogP contribution in [0.15, 0.2) is 36.4 Å². The molecule has 136 valence electrons. The van der Waals surface area contributed by atoms with Gasteiger partial charge in [0.25, 0.3) is 0 Å². The van der Waals surface area contributed by atoms with Crippen molar-refractivity contribution in [1.82, 2.24) is 5.32 Å². The average Bonchev–Trinajstić information content (AvgIpc) is 2.64. The molecule has 1 N–H and O–H groups in total. The van der Waals surface area contributed by atoms with Gasteiger partial charge in [-0.1, -0.05) is 29.8 Å². The van der Waals surface area contributed by atoms with Crippen LogP contribution in [0.3, 0.4) is 0 Å². The number of carbonyl (C=O) groups excluding carboxylic acids is 1. The van der Waals surface area contributed by atoms with E-state index in [-0.39, 0.29) is 5.91 Å². The summed E-state index contributed by atoms with van der Waals surface area (Å²) in [4.78, 5) is 14.2. The smallest absolute Gasteiger partial charge is 0.224 e. The zero-order chi connectivity index (χ0) is 18.1. The second-order valence-electron chi connectivity index (χ2n) is 7.43. The first kappa shape index (κ1) is 17.6. The Hall–Kier alpha value is -1.84. The van der Waals surface area contributed by atoms with Gasteiger partial charge in [0.05, 0.1) is 6.54 Å². The maximum absolute atomic E-state index is 12.3. The molecular formula is C22H25ClN2O. The zero-order valence-electron chi connectivity index (χ0n) is 15.2. The number of benzene rings is 2. The molecule has 2 heterocycles. The molecule has 4 heteroatoms. The molecule has 0 unspecified atom stereocenters. The van der Waals surface area contributed by atoms with E-state index in [4.69, 9.17) is 11.6 Å². The predicted molar refractivity (Wildman–Crippen MR) is 107 cm³/mol. The summed E-state index contributed by atoms with van der Waals surface area (Å²) in [5.74, 6) is 0.724. The number of hydrogen-bond acceptors (Lipinski definition) is 2. The molecule has 3 nitrogen and oxygen atoms in total. The van der Waals surface area contributed by atoms with Crippen molar-refractivity contribution in [3.63, 3.8) is 0 Å². The van der Waals surface area contributed by atoms with Gasteiger partial charge in [0.2, 0.25) is 5.91 Å². The third-order valence-corrected chi connectivity index (χ3v) is 5.98. The summed E-state index contributed by atoms with van der Waals surface area (Å²) in [7, 11) is 0. The fourth-order valence-electron chi connectivity index (χ4n) is 4.27. The van der Waals surface area contributed by atoms with Crippen LogP contribution in [0.5, 0.6) is 0 Å². The van der Waals surface area contributed by atoms with E-state index in [1.807, 2.05) is 23.1 Å². The van der Waals surface area contributed by atoms with Crippen LogP contribution in [0.1, 0.15) is 47.9 Å². The number of halogens is 1. The Balaban J connectivity index is 1.70. The molecule has 0 aromatic heterocycles. The summed E-state index contributed by atoms with van der Waals surface area (Å²) in [5.41, 5.74) is 6.24. The van der Waals surface area contributed by atoms with Gasteiger partial charge in [-0.05, 0) is 85.1 Å². The van der Waals surface area contributed by atoms with Crippen molar-refractivity contribution >= 4 is 23.2 Å². The van der Waals surface area contributed by atoms with Gasteiger partial charge in [0.15, 0.2) is 0 Å². The van der Waals surface area contributed by atoms with Gasteiger partial charge in [0.1, 0.15) is 0 Å². The summed E-state index contributed by atoms with van der Waals surface area (Å²) in [5, 5.41) is 4.18. The first-order chi connectivity index (χ1) is 12.6. The molecule has 4 rings (SSSR count). The van der Waals surface area contributed by atoms with Gasteiger partial charge < -0.3 is 10.2 Å². The fourth-order valence-corrected chi connectivity index (χ4v) is 4.46. The Bertz CT molecular complexity index is 827. The van der Waals surface area contributed by atoms with Crippen LogP contribution >= 0.6 is 11.6 Å². The molecule has 2 aromatic carbocycles. The third-order valence-electron chi connectivity index (χ3n) is 5.75. The van der Waals surface area contributed by atoms with Crippen LogP contribution in [-0.2, 0) is 24.2 Å². The van der Waals surface area contributed by atoms with Crippen molar-refractivity contribution in [2.24, 2.45) is 0 Å². The first-order valence-corrected chi connectivity index (χ1v) is 9.88. The summed E-state index contributed by atoms with van der Waals surface area (Å²) in [6, 6.07) is 12.8. The molecule has 26 heavy (non-hydrogen) atoms. The van der Waals surface area contributed by atoms with Crippen molar-refractivity contribution in [3.8, 4) is 0 Å². The zero-order valence-corrected chi connectivity index (χ0v) is 16.0. The minimum atomic E-state index is 0.0730. The van der Waals surface area contributed by atoms with E-state index in [0.29, 0.717) is 12.5 Å². The second kappa shape index (κ2) is 7.42. The Labute approximate surface area is 160 Å². The average molecular weight is 369 g/mol. The molecule has 0 bridgehead atoms. The monoisotopic (exact) mass is 368 g/mol. The van der Waals surface area contributed by atoms with Crippen LogP contribution < -0.4 is 10.2 Å². The maximum Gasteiger partial charge on any atom is 0.224 e. The number of anilines is 1. The minimum absolute atomic E-state index is 0.0730. The second-order valence-corrected chi connectivity index (χ2v) is 7.87. The van der Waals surface area contributed by atoms with Gasteiger partial charge in [-0.15, -0.1) is 0 Å². The normalized spacial score (nSPS) is 17.8. The number of hydrogen-bond donors (Lipinski definition) is 1. The molecule has 0 aliphatic carbocycles. The number of rotatable bonds is 1. The van der Waals surface area contributed by atoms with Crippen molar-refractivity contribution < 1.29 is 4.79 Å². The van der Waals surface area contributed by atoms with Crippen molar-refractivity contribution in [2.75, 3.05) is 18.0 Å². The van der Waals surface area contributed by atoms with Gasteiger partial charge in [0, 0.05) is 17.6 Å². The lowest BCUT2D eigenvalue weighted by Crippen LogP contribution is -2.30. The van der Waals surface area contributed by atoms with Gasteiger partial charge in [-0.2, -0.15) is 0 Å². The summed E-state index contributed by atoms with van der Waals surface area (Å²) in [6.45, 7) is 4.48. The topological polar surface area (TPSA) is 32.3 Å². The van der Waals surface area contributed by atoms with E-state index in [1.165, 1.54) is 29.5 Å². The lowest BCUT2D eigenvalue weighted by molar-refractivity contribution is -0.116. The third kappa shape index (κ3) is 3.51. The van der Waals surface area contributed by atoms with Crippen molar-refractivity contribution in [1.29, 1.82) is 0 Å². The number of carbonyl (C=O) groups is 1. The van der Waals surface area contributed by atoms with Crippen molar-refractivity contribution in [3.05, 3.63) is 63.7 Å². The molecule has 1 saturated heterocycles. The molecule has 2 aliphatic rings. The van der Waals surface area contributed by atoms with Crippen molar-refractivity contribution in [2.45, 2.75) is 45.1 Å². The minimum Gasteiger partial charge on any atom is -0.317 e. The van der Waals surface area contributed by atoms with Gasteiger partial charge in [-0.25, -0.2) is 0 Å². The van der Waals surface area contributed by atoms with Crippen LogP contribution in [0, 0.1) is 0 Å². The fraction of sp³-hybridized carbons (Fsp3) is 0.409. The van der Waals surface area contributed by atoms with E-state index in [2.05, 4.69) is 23.5 Å². The Kier molecular flexibility index (Phi) is 5.01. The Morgan fingerprint density at radius 3 is 2.58 bits per heavy atom. The molecular weight excluding hydrogens is 344 g/mol. The molecule has 0 saturated carbocycles. The number of amides is 1. The van der Waals surface area contributed by atoms with Crippen LogP contribution in [-0.4, -0.2) is 19.0 Å². The molecule has 1 amide bonds. The number of piperidine rings is 1. The standard InChI is InChI=1S/C22H25ClN2O/c1-15(26)25-14-20-5-3-17(16-8-10-24-11-9-16)12-18(20)2-4-19-13-21(23)6-7-22(19)25/h3,5-7,12-13,16,24H,2,4,8-11,14H2,1H3. The highest BCUT2D eigenvalue weighted by atomic mass is 35.5. The number of nitrogens with one attached hydrogen (secondary N) is 1. The lowest BCUT2D eigenvalue weighted by atomic mass is 9.86. The van der Waals surface area contributed by atoms with E-state index >= 15 is 0 Å². The lowest BCUT2D eigenvalue weighted by Gasteiger charge is -2.29. The van der Waals surface area contributed by atoms with E-state index in [9.17, 15) is 4.79 Å². The molecule has 0 radical (unpaired) electrons. The van der Waals surface area contributed by atoms with E-state index in [0.717, 1.165) is 42.2 Å². The van der Waals surface area contributed by atoms with E-state index < -0.39 is 0 Å². The quantitative estimate of drug-likeness (QED) is 0.806. The predicted octanol–water partition coefficient (Wildman–Crippen LogP) is 4.46. The highest BCUT2D eigenvalue weighted by Crippen LogP contribution is 2.33. The Morgan fingerprint density at radius 1 is 1.04 bits per heavy atom. The molecule has 2 aliphatic heterocycles. The largest absolute Gasteiger partial charge is 0.317 e. The maximum atomic E-state index is 12.3. The number of nitrogens with zero attached hydrogens (tertiary/aromatic N) is 1. The first-order valence-electron chi connectivity index (χ1n) is 9.51. The molecule has 1 fully saturated rings. The van der Waals surface area contributed by atoms with Crippen LogP contribution in [0.4, 0.5) is 5.69 Å². The van der Waals surface area contributed by atoms with Crippen LogP contribution in [0.2, 0.25) is 5.02 Å². The highest BCUT2D eigenvalue weighted by molar-refractivity contribution is 6.30.